The van der Waals surface area contributed by atoms with Gasteiger partial charge in [0.25, 0.3) is 5.91 Å². The highest BCUT2D eigenvalue weighted by molar-refractivity contribution is 6.14. The van der Waals surface area contributed by atoms with Crippen molar-refractivity contribution in [2.45, 2.75) is 25.8 Å². The average molecular weight is 474 g/mol. The van der Waals surface area contributed by atoms with Crippen molar-refractivity contribution >= 4 is 17.7 Å². The van der Waals surface area contributed by atoms with Gasteiger partial charge in [0.1, 0.15) is 13.2 Å². The third-order valence-electron chi connectivity index (χ3n) is 5.65. The van der Waals surface area contributed by atoms with Crippen LogP contribution in [0, 0.1) is 0 Å². The van der Waals surface area contributed by atoms with E-state index in [4.69, 9.17) is 14.2 Å². The van der Waals surface area contributed by atoms with Gasteiger partial charge in [0.15, 0.2) is 23.9 Å². The maximum atomic E-state index is 13.1. The summed E-state index contributed by atoms with van der Waals surface area (Å²) >= 11 is 0. The van der Waals surface area contributed by atoms with Gasteiger partial charge in [0.2, 0.25) is 0 Å². The number of hydrogen-bond acceptors (Lipinski definition) is 6. The molecule has 0 aliphatic carbocycles. The molecule has 1 aliphatic heterocycles. The van der Waals surface area contributed by atoms with Crippen LogP contribution in [0.15, 0.2) is 72.8 Å². The summed E-state index contributed by atoms with van der Waals surface area (Å²) in [6, 6.07) is 21.2. The number of benzene rings is 3. The Hall–Kier alpha value is -4.13. The van der Waals surface area contributed by atoms with E-state index >= 15 is 0 Å². The summed E-state index contributed by atoms with van der Waals surface area (Å²) in [4.78, 5) is 38.2. The van der Waals surface area contributed by atoms with E-state index in [9.17, 15) is 14.4 Å². The lowest BCUT2D eigenvalue weighted by atomic mass is 9.98. The SMILES string of the molecule is C[C@@H](CCc1ccccc1)NC(=O)COC(=O)c1ccccc1C(=O)c1ccc2c(c1)OCCO2. The Bertz CT molecular complexity index is 1210. The van der Waals surface area contributed by atoms with Gasteiger partial charge in [-0.25, -0.2) is 4.79 Å². The van der Waals surface area contributed by atoms with Gasteiger partial charge in [0.05, 0.1) is 5.56 Å². The number of carbonyl (C=O) groups is 3. The molecule has 7 heteroatoms. The topological polar surface area (TPSA) is 90.9 Å². The predicted octanol–water partition coefficient (Wildman–Crippen LogP) is 3.98. The first-order valence-electron chi connectivity index (χ1n) is 11.5. The second-order valence-electron chi connectivity index (χ2n) is 8.30. The van der Waals surface area contributed by atoms with E-state index in [1.165, 1.54) is 11.6 Å². The van der Waals surface area contributed by atoms with Crippen molar-refractivity contribution in [2.75, 3.05) is 19.8 Å². The molecule has 0 aromatic heterocycles. The minimum absolute atomic E-state index is 0.0783. The molecule has 0 radical (unpaired) electrons. The van der Waals surface area contributed by atoms with Crippen molar-refractivity contribution in [1.29, 1.82) is 0 Å². The molecule has 3 aromatic rings. The fraction of sp³-hybridized carbons (Fsp3) is 0.250. The number of ether oxygens (including phenoxy) is 3. The molecule has 1 atom stereocenters. The van der Waals surface area contributed by atoms with Crippen molar-refractivity contribution < 1.29 is 28.6 Å². The number of esters is 1. The largest absolute Gasteiger partial charge is 0.486 e. The van der Waals surface area contributed by atoms with Crippen LogP contribution in [0.5, 0.6) is 11.5 Å². The minimum atomic E-state index is -0.737. The maximum absolute atomic E-state index is 13.1. The Kier molecular flexibility index (Phi) is 7.77. The van der Waals surface area contributed by atoms with E-state index in [1.807, 2.05) is 37.3 Å². The Balaban J connectivity index is 1.34. The Morgan fingerprint density at radius 2 is 1.57 bits per heavy atom. The zero-order valence-electron chi connectivity index (χ0n) is 19.5. The van der Waals surface area contributed by atoms with Crippen LogP contribution >= 0.6 is 0 Å². The van der Waals surface area contributed by atoms with Gasteiger partial charge in [0, 0.05) is 17.2 Å². The van der Waals surface area contributed by atoms with Crippen molar-refractivity contribution in [3.8, 4) is 11.5 Å². The molecule has 1 amide bonds. The molecule has 180 valence electrons. The van der Waals surface area contributed by atoms with Crippen LogP contribution in [0.25, 0.3) is 0 Å². The van der Waals surface area contributed by atoms with E-state index in [1.54, 1.807) is 36.4 Å². The van der Waals surface area contributed by atoms with Crippen LogP contribution in [-0.2, 0) is 16.0 Å². The summed E-state index contributed by atoms with van der Waals surface area (Å²) in [6.07, 6.45) is 1.59. The molecule has 1 heterocycles. The standard InChI is InChI=1S/C28H27NO6/c1-19(11-12-20-7-3-2-4-8-20)29-26(30)18-35-28(32)23-10-6-5-9-22(23)27(31)21-13-14-24-25(17-21)34-16-15-33-24/h2-10,13-14,17,19H,11-12,15-16,18H2,1H3,(H,29,30)/t19-/m0/s1. The molecular formula is C28H27NO6. The molecule has 1 N–H and O–H groups in total. The van der Waals surface area contributed by atoms with Crippen LogP contribution in [0.4, 0.5) is 0 Å². The minimum Gasteiger partial charge on any atom is -0.486 e. The van der Waals surface area contributed by atoms with Gasteiger partial charge in [-0.2, -0.15) is 0 Å². The number of rotatable bonds is 9. The third kappa shape index (κ3) is 6.26. The molecule has 0 unspecified atom stereocenters. The van der Waals surface area contributed by atoms with Gasteiger partial charge >= 0.3 is 5.97 Å². The van der Waals surface area contributed by atoms with E-state index in [-0.39, 0.29) is 23.0 Å². The van der Waals surface area contributed by atoms with Crippen LogP contribution in [0.3, 0.4) is 0 Å². The highest BCUT2D eigenvalue weighted by atomic mass is 16.6. The summed E-state index contributed by atoms with van der Waals surface area (Å²) in [5, 5.41) is 2.84. The molecule has 3 aromatic carbocycles. The lowest BCUT2D eigenvalue weighted by Crippen LogP contribution is -2.36. The van der Waals surface area contributed by atoms with Crippen LogP contribution in [-0.4, -0.2) is 43.5 Å². The van der Waals surface area contributed by atoms with Crippen molar-refractivity contribution in [3.63, 3.8) is 0 Å². The first-order valence-corrected chi connectivity index (χ1v) is 11.5. The number of carbonyl (C=O) groups excluding carboxylic acids is 3. The molecule has 0 saturated carbocycles. The number of amides is 1. The predicted molar refractivity (Wildman–Crippen MR) is 130 cm³/mol. The first kappa shape index (κ1) is 24.0. The zero-order valence-corrected chi connectivity index (χ0v) is 19.5. The molecule has 0 bridgehead atoms. The van der Waals surface area contributed by atoms with Crippen molar-refractivity contribution in [1.82, 2.24) is 5.32 Å². The van der Waals surface area contributed by atoms with Gasteiger partial charge in [-0.1, -0.05) is 48.5 Å². The van der Waals surface area contributed by atoms with E-state index in [0.717, 1.165) is 12.8 Å². The van der Waals surface area contributed by atoms with E-state index in [0.29, 0.717) is 30.3 Å². The Morgan fingerprint density at radius 3 is 2.34 bits per heavy atom. The van der Waals surface area contributed by atoms with Gasteiger partial charge in [-0.3, -0.25) is 9.59 Å². The van der Waals surface area contributed by atoms with Crippen LogP contribution in [0.1, 0.15) is 45.2 Å². The number of fused-ring (bicyclic) bond motifs is 1. The van der Waals surface area contributed by atoms with Crippen LogP contribution < -0.4 is 14.8 Å². The lowest BCUT2D eigenvalue weighted by molar-refractivity contribution is -0.124. The van der Waals surface area contributed by atoms with Crippen molar-refractivity contribution in [3.05, 3.63) is 95.1 Å². The summed E-state index contributed by atoms with van der Waals surface area (Å²) in [5.74, 6) is -0.425. The molecule has 4 rings (SSSR count). The van der Waals surface area contributed by atoms with E-state index < -0.39 is 18.5 Å². The fourth-order valence-electron chi connectivity index (χ4n) is 3.82. The quantitative estimate of drug-likeness (QED) is 0.373. The molecule has 0 saturated heterocycles. The molecule has 0 spiro atoms. The van der Waals surface area contributed by atoms with Crippen LogP contribution in [0.2, 0.25) is 0 Å². The molecule has 0 fully saturated rings. The summed E-state index contributed by atoms with van der Waals surface area (Å²) in [5.41, 5.74) is 1.84. The molecule has 1 aliphatic rings. The normalized spacial score (nSPS) is 12.9. The summed E-state index contributed by atoms with van der Waals surface area (Å²) in [7, 11) is 0. The Labute approximate surface area is 204 Å². The monoisotopic (exact) mass is 473 g/mol. The second-order valence-corrected chi connectivity index (χ2v) is 8.30. The third-order valence-corrected chi connectivity index (χ3v) is 5.65. The van der Waals surface area contributed by atoms with Gasteiger partial charge in [-0.15, -0.1) is 0 Å². The summed E-state index contributed by atoms with van der Waals surface area (Å²) < 4.78 is 16.3. The molecule has 35 heavy (non-hydrogen) atoms. The number of ketones is 1. The smallest absolute Gasteiger partial charge is 0.339 e. The number of hydrogen-bond donors (Lipinski definition) is 1. The maximum Gasteiger partial charge on any atom is 0.339 e. The highest BCUT2D eigenvalue weighted by Gasteiger charge is 2.22. The first-order chi connectivity index (χ1) is 17.0. The average Bonchev–Trinajstić information content (AvgIpc) is 2.90. The zero-order chi connectivity index (χ0) is 24.6. The number of nitrogens with one attached hydrogen (secondary N) is 1. The highest BCUT2D eigenvalue weighted by Crippen LogP contribution is 2.31. The lowest BCUT2D eigenvalue weighted by Gasteiger charge is -2.18. The molecule has 7 nitrogen and oxygen atoms in total. The van der Waals surface area contributed by atoms with E-state index in [2.05, 4.69) is 5.32 Å². The van der Waals surface area contributed by atoms with Gasteiger partial charge < -0.3 is 19.5 Å². The second kappa shape index (κ2) is 11.3. The summed E-state index contributed by atoms with van der Waals surface area (Å²) in [6.45, 7) is 2.33. The fourth-order valence-corrected chi connectivity index (χ4v) is 3.82. The van der Waals surface area contributed by atoms with Crippen molar-refractivity contribution in [2.24, 2.45) is 0 Å². The van der Waals surface area contributed by atoms with Gasteiger partial charge in [-0.05, 0) is 49.6 Å². The Morgan fingerprint density at radius 1 is 0.886 bits per heavy atom. The molecular weight excluding hydrogens is 446 g/mol. The number of aryl methyl sites for hydroxylation is 1.